The van der Waals surface area contributed by atoms with Crippen LogP contribution in [0.4, 0.5) is 0 Å². The zero-order valence-corrected chi connectivity index (χ0v) is 15.2. The lowest BCUT2D eigenvalue weighted by atomic mass is 9.54. The highest BCUT2D eigenvalue weighted by molar-refractivity contribution is 5.82. The Bertz CT molecular complexity index is 573. The van der Waals surface area contributed by atoms with Crippen LogP contribution in [0.1, 0.15) is 78.1 Å². The minimum atomic E-state index is -0.0724. The number of nitrogens with zero attached hydrogens (tertiary/aromatic N) is 1. The summed E-state index contributed by atoms with van der Waals surface area (Å²) >= 11 is 0. The van der Waals surface area contributed by atoms with Gasteiger partial charge in [0.25, 0.3) is 0 Å². The lowest BCUT2D eigenvalue weighted by molar-refractivity contribution is -0.119. The summed E-state index contributed by atoms with van der Waals surface area (Å²) in [6, 6.07) is 1.93. The number of nitriles is 1. The molecule has 3 nitrogen and oxygen atoms in total. The number of Topliss-reactive ketones (excluding diaryl/α,β-unsaturated/α-hetero) is 1. The van der Waals surface area contributed by atoms with E-state index < -0.39 is 0 Å². The average Bonchev–Trinajstić information content (AvgIpc) is 2.90. The summed E-state index contributed by atoms with van der Waals surface area (Å²) in [5, 5.41) is 18.0. The van der Waals surface area contributed by atoms with E-state index in [2.05, 4.69) is 6.92 Å². The standard InChI is InChI=1S/C18H26O2.C3H5N/c1-18-9-8-14-13-5-3-12(19)10-11(13)2-4-15(14)16(18)6-7-17(18)20;1-2-3-4/h14-17,20H,2-10H2,1H3;2H2,1H3/t14-,15?,16+,17?,18?;/m1./s1. The molecule has 5 atom stereocenters. The maximum atomic E-state index is 11.7. The van der Waals surface area contributed by atoms with Crippen molar-refractivity contribution >= 4 is 5.78 Å². The Hall–Kier alpha value is -1.14. The molecule has 0 aromatic carbocycles. The van der Waals surface area contributed by atoms with E-state index in [0.717, 1.165) is 49.9 Å². The van der Waals surface area contributed by atoms with Crippen molar-refractivity contribution in [2.24, 2.45) is 23.2 Å². The Morgan fingerprint density at radius 1 is 1.21 bits per heavy atom. The van der Waals surface area contributed by atoms with E-state index in [-0.39, 0.29) is 11.5 Å². The number of carbonyl (C=O) groups is 1. The zero-order chi connectivity index (χ0) is 17.3. The summed E-state index contributed by atoms with van der Waals surface area (Å²) in [5.74, 6) is 2.72. The molecule has 0 spiro atoms. The van der Waals surface area contributed by atoms with E-state index in [1.54, 1.807) is 5.57 Å². The maximum absolute atomic E-state index is 11.7. The first-order chi connectivity index (χ1) is 11.5. The van der Waals surface area contributed by atoms with Crippen molar-refractivity contribution in [3.63, 3.8) is 0 Å². The molecule has 1 N–H and O–H groups in total. The molecule has 0 aromatic rings. The quantitative estimate of drug-likeness (QED) is 0.663. The predicted octanol–water partition coefficient (Wildman–Crippen LogP) is 4.55. The number of aliphatic hydroxyl groups is 1. The zero-order valence-electron chi connectivity index (χ0n) is 15.2. The SMILES string of the molecule is CC12CC[C@@H]3C4=C(CCC3[C@@H]1CCC2O)CC(=O)CC4.CCC#N. The van der Waals surface area contributed by atoms with Gasteiger partial charge in [-0.05, 0) is 68.1 Å². The number of aliphatic hydroxyl groups excluding tert-OH is 1. The predicted molar refractivity (Wildman–Crippen MR) is 94.1 cm³/mol. The van der Waals surface area contributed by atoms with Crippen molar-refractivity contribution in [3.05, 3.63) is 11.1 Å². The fourth-order valence-corrected chi connectivity index (χ4v) is 6.02. The summed E-state index contributed by atoms with van der Waals surface area (Å²) in [6.07, 6.45) is 10.2. The molecular formula is C21H31NO2. The van der Waals surface area contributed by atoms with Crippen LogP contribution < -0.4 is 0 Å². The smallest absolute Gasteiger partial charge is 0.137 e. The van der Waals surface area contributed by atoms with E-state index in [0.29, 0.717) is 12.2 Å². The van der Waals surface area contributed by atoms with Crippen molar-refractivity contribution in [2.45, 2.75) is 84.2 Å². The Balaban J connectivity index is 0.000000383. The molecule has 132 valence electrons. The summed E-state index contributed by atoms with van der Waals surface area (Å²) in [7, 11) is 0. The van der Waals surface area contributed by atoms with Crippen LogP contribution in [0.2, 0.25) is 0 Å². The monoisotopic (exact) mass is 329 g/mol. The van der Waals surface area contributed by atoms with Crippen molar-refractivity contribution in [2.75, 3.05) is 0 Å². The molecular weight excluding hydrogens is 298 g/mol. The highest BCUT2D eigenvalue weighted by Gasteiger charge is 2.54. The number of rotatable bonds is 0. The molecule has 0 heterocycles. The van der Waals surface area contributed by atoms with Crippen LogP contribution in [0.5, 0.6) is 0 Å². The van der Waals surface area contributed by atoms with Gasteiger partial charge in [-0.3, -0.25) is 4.79 Å². The topological polar surface area (TPSA) is 61.1 Å². The van der Waals surface area contributed by atoms with Gasteiger partial charge in [0.1, 0.15) is 5.78 Å². The van der Waals surface area contributed by atoms with Crippen LogP contribution in [0.3, 0.4) is 0 Å². The molecule has 0 aliphatic heterocycles. The molecule has 4 aliphatic carbocycles. The molecule has 2 saturated carbocycles. The third kappa shape index (κ3) is 2.94. The normalized spacial score (nSPS) is 40.7. The number of fused-ring (bicyclic) bond motifs is 4. The van der Waals surface area contributed by atoms with Gasteiger partial charge in [-0.1, -0.05) is 25.0 Å². The molecule has 4 rings (SSSR count). The van der Waals surface area contributed by atoms with Gasteiger partial charge in [-0.2, -0.15) is 5.26 Å². The van der Waals surface area contributed by atoms with Crippen LogP contribution in [-0.4, -0.2) is 17.0 Å². The van der Waals surface area contributed by atoms with Crippen LogP contribution in [0, 0.1) is 34.5 Å². The average molecular weight is 329 g/mol. The molecule has 4 aliphatic rings. The first-order valence-electron chi connectivity index (χ1n) is 9.78. The van der Waals surface area contributed by atoms with Crippen molar-refractivity contribution in [3.8, 4) is 6.07 Å². The summed E-state index contributed by atoms with van der Waals surface area (Å²) in [4.78, 5) is 11.7. The highest BCUT2D eigenvalue weighted by Crippen LogP contribution is 2.60. The number of hydrogen-bond donors (Lipinski definition) is 1. The highest BCUT2D eigenvalue weighted by atomic mass is 16.3. The fourth-order valence-electron chi connectivity index (χ4n) is 6.02. The van der Waals surface area contributed by atoms with Gasteiger partial charge in [-0.25, -0.2) is 0 Å². The van der Waals surface area contributed by atoms with Gasteiger partial charge in [0.05, 0.1) is 12.2 Å². The first-order valence-corrected chi connectivity index (χ1v) is 9.78. The van der Waals surface area contributed by atoms with Gasteiger partial charge in [0.2, 0.25) is 0 Å². The van der Waals surface area contributed by atoms with Gasteiger partial charge >= 0.3 is 0 Å². The van der Waals surface area contributed by atoms with Crippen molar-refractivity contribution < 1.29 is 9.90 Å². The molecule has 3 unspecified atom stereocenters. The molecule has 3 heteroatoms. The molecule has 0 aromatic heterocycles. The Kier molecular flexibility index (Phi) is 5.16. The van der Waals surface area contributed by atoms with Gasteiger partial charge < -0.3 is 5.11 Å². The molecule has 0 bridgehead atoms. The van der Waals surface area contributed by atoms with E-state index in [9.17, 15) is 9.90 Å². The van der Waals surface area contributed by atoms with E-state index in [1.807, 2.05) is 13.0 Å². The number of carbonyl (C=O) groups excluding carboxylic acids is 1. The third-order valence-electron chi connectivity index (χ3n) is 7.31. The number of allylic oxidation sites excluding steroid dienone is 2. The Morgan fingerprint density at radius 2 is 1.96 bits per heavy atom. The maximum Gasteiger partial charge on any atom is 0.137 e. The summed E-state index contributed by atoms with van der Waals surface area (Å²) in [5.41, 5.74) is 3.36. The molecule has 0 radical (unpaired) electrons. The lowest BCUT2D eigenvalue weighted by Gasteiger charge is -2.51. The summed E-state index contributed by atoms with van der Waals surface area (Å²) < 4.78 is 0. The lowest BCUT2D eigenvalue weighted by Crippen LogP contribution is -2.45. The second-order valence-electron chi connectivity index (χ2n) is 8.41. The minimum absolute atomic E-state index is 0.0724. The van der Waals surface area contributed by atoms with Crippen LogP contribution in [-0.2, 0) is 4.79 Å². The molecule has 0 amide bonds. The second kappa shape index (κ2) is 7.00. The first kappa shape index (κ1) is 17.7. The molecule has 2 fully saturated rings. The van der Waals surface area contributed by atoms with Crippen LogP contribution in [0.25, 0.3) is 0 Å². The number of ketones is 1. The third-order valence-corrected chi connectivity index (χ3v) is 7.31. The number of hydrogen-bond acceptors (Lipinski definition) is 3. The second-order valence-corrected chi connectivity index (χ2v) is 8.41. The van der Waals surface area contributed by atoms with E-state index in [4.69, 9.17) is 5.26 Å². The van der Waals surface area contributed by atoms with Crippen LogP contribution >= 0.6 is 0 Å². The van der Waals surface area contributed by atoms with Crippen molar-refractivity contribution in [1.29, 1.82) is 5.26 Å². The van der Waals surface area contributed by atoms with Gasteiger partial charge in [0, 0.05) is 19.3 Å². The Labute approximate surface area is 146 Å². The van der Waals surface area contributed by atoms with Crippen molar-refractivity contribution in [1.82, 2.24) is 0 Å². The molecule has 0 saturated heterocycles. The van der Waals surface area contributed by atoms with Gasteiger partial charge in [0.15, 0.2) is 0 Å². The van der Waals surface area contributed by atoms with Gasteiger partial charge in [-0.15, -0.1) is 0 Å². The van der Waals surface area contributed by atoms with E-state index >= 15 is 0 Å². The Morgan fingerprint density at radius 3 is 2.67 bits per heavy atom. The summed E-state index contributed by atoms with van der Waals surface area (Å²) in [6.45, 7) is 4.15. The minimum Gasteiger partial charge on any atom is -0.393 e. The fraction of sp³-hybridized carbons (Fsp3) is 0.810. The van der Waals surface area contributed by atoms with Crippen LogP contribution in [0.15, 0.2) is 11.1 Å². The molecule has 24 heavy (non-hydrogen) atoms. The largest absolute Gasteiger partial charge is 0.393 e. The van der Waals surface area contributed by atoms with E-state index in [1.165, 1.54) is 31.3 Å².